The zero-order valence-corrected chi connectivity index (χ0v) is 67.0. The van der Waals surface area contributed by atoms with Crippen LogP contribution < -0.4 is 68.1 Å². The zero-order chi connectivity index (χ0) is 80.6. The third-order valence-corrected chi connectivity index (χ3v) is 18.9. The maximum absolute atomic E-state index is 12.2. The summed E-state index contributed by atoms with van der Waals surface area (Å²) in [6.45, 7) is 25.7. The van der Waals surface area contributed by atoms with E-state index >= 15 is 0 Å². The van der Waals surface area contributed by atoms with E-state index in [4.69, 9.17) is 81.8 Å². The minimum atomic E-state index is -0.500. The van der Waals surface area contributed by atoms with Crippen LogP contribution in [0.25, 0.3) is 0 Å². The molecule has 9 heterocycles. The van der Waals surface area contributed by atoms with Crippen molar-refractivity contribution in [2.75, 3.05) is 73.7 Å². The Kier molecular flexibility index (Phi) is 30.6. The number of anilines is 6. The van der Waals surface area contributed by atoms with Crippen LogP contribution in [0.4, 0.5) is 53.3 Å². The first-order valence-corrected chi connectivity index (χ1v) is 38.6. The van der Waals surface area contributed by atoms with Crippen molar-refractivity contribution in [1.29, 1.82) is 0 Å². The predicted octanol–water partition coefficient (Wildman–Crippen LogP) is 13.9. The smallest absolute Gasteiger partial charge is 0.410 e. The van der Waals surface area contributed by atoms with Gasteiger partial charge in [-0.2, -0.15) is 0 Å². The number of carbonyl (C=O) groups excluding carboxylic acids is 4. The molecular weight excluding hydrogens is 1420 g/mol. The van der Waals surface area contributed by atoms with Crippen molar-refractivity contribution < 1.29 is 66.5 Å². The van der Waals surface area contributed by atoms with E-state index in [1.807, 2.05) is 84.2 Å². The van der Waals surface area contributed by atoms with Crippen LogP contribution in [0.3, 0.4) is 0 Å². The van der Waals surface area contributed by atoms with Crippen molar-refractivity contribution in [3.8, 4) is 34.5 Å². The molecule has 608 valence electrons. The number of nitrogens with zero attached hydrogens (tertiary/aromatic N) is 9. The Morgan fingerprint density at radius 3 is 0.991 bits per heavy atom. The number of ether oxygens (including phenoxy) is 10. The summed E-state index contributed by atoms with van der Waals surface area (Å²) < 4.78 is 56.1. The van der Waals surface area contributed by atoms with Crippen LogP contribution in [0.1, 0.15) is 199 Å². The molecular formula is C81H120N16O14. The third-order valence-electron chi connectivity index (χ3n) is 18.9. The molecule has 30 heteroatoms. The van der Waals surface area contributed by atoms with Crippen LogP contribution in [0, 0.1) is 0 Å². The summed E-state index contributed by atoms with van der Waals surface area (Å²) >= 11 is 0. The van der Waals surface area contributed by atoms with Gasteiger partial charge in [0.05, 0.1) is 108 Å². The van der Waals surface area contributed by atoms with Gasteiger partial charge in [-0.1, -0.05) is 12.8 Å². The van der Waals surface area contributed by atoms with Gasteiger partial charge in [-0.25, -0.2) is 19.2 Å². The van der Waals surface area contributed by atoms with Gasteiger partial charge >= 0.3 is 24.4 Å². The van der Waals surface area contributed by atoms with E-state index in [0.717, 1.165) is 102 Å². The summed E-state index contributed by atoms with van der Waals surface area (Å²) in [4.78, 5) is 76.7. The topological polar surface area (TPSA) is 416 Å². The summed E-state index contributed by atoms with van der Waals surface area (Å²) in [6.07, 6.45) is 38.6. The highest BCUT2D eigenvalue weighted by atomic mass is 16.6. The van der Waals surface area contributed by atoms with Gasteiger partial charge < -0.3 is 102 Å². The van der Waals surface area contributed by atoms with E-state index < -0.39 is 28.5 Å². The summed E-state index contributed by atoms with van der Waals surface area (Å²) in [5.74, 6) is 4.06. The molecule has 0 bridgehead atoms. The molecule has 13 rings (SSSR count). The number of rotatable bonds is 14. The third kappa shape index (κ3) is 27.8. The number of nitrogen functional groups attached to an aromatic ring is 6. The van der Waals surface area contributed by atoms with E-state index in [0.29, 0.717) is 95.6 Å². The van der Waals surface area contributed by atoms with Crippen molar-refractivity contribution >= 4 is 58.5 Å². The molecule has 1 atom stereocenters. The fraction of sp³-hybridized carbons (Fsp3) is 0.580. The lowest BCUT2D eigenvalue weighted by atomic mass is 9.66. The Balaban J connectivity index is 0.000000169. The number of pyridine rings is 6. The number of likely N-dealkylation sites (tertiary alicyclic amines) is 3. The highest BCUT2D eigenvalue weighted by Crippen LogP contribution is 2.51. The van der Waals surface area contributed by atoms with E-state index in [-0.39, 0.29) is 47.7 Å². The summed E-state index contributed by atoms with van der Waals surface area (Å²) in [7, 11) is 0. The average molecular weight is 1540 g/mol. The van der Waals surface area contributed by atoms with E-state index in [9.17, 15) is 19.2 Å². The fourth-order valence-electron chi connectivity index (χ4n) is 13.3. The molecule has 111 heavy (non-hydrogen) atoms. The van der Waals surface area contributed by atoms with Gasteiger partial charge in [0.15, 0.2) is 0 Å². The van der Waals surface area contributed by atoms with Gasteiger partial charge in [0.1, 0.15) is 81.8 Å². The maximum atomic E-state index is 12.2. The first-order valence-electron chi connectivity index (χ1n) is 38.6. The second-order valence-electron chi connectivity index (χ2n) is 32.8. The van der Waals surface area contributed by atoms with Crippen molar-refractivity contribution in [3.63, 3.8) is 0 Å². The predicted molar refractivity (Wildman–Crippen MR) is 426 cm³/mol. The lowest BCUT2D eigenvalue weighted by Crippen LogP contribution is -2.70. The van der Waals surface area contributed by atoms with Crippen LogP contribution in [0.2, 0.25) is 0 Å². The van der Waals surface area contributed by atoms with Crippen molar-refractivity contribution in [2.45, 2.75) is 263 Å². The number of alkyl carbamates (subject to hydrolysis) is 1. The van der Waals surface area contributed by atoms with Gasteiger partial charge in [-0.3, -0.25) is 29.9 Å². The van der Waals surface area contributed by atoms with E-state index in [1.54, 1.807) is 118 Å². The molecule has 3 aliphatic heterocycles. The number of nitrogens with two attached hydrogens (primary N) is 6. The van der Waals surface area contributed by atoms with Crippen LogP contribution in [-0.4, -0.2) is 172 Å². The van der Waals surface area contributed by atoms with Gasteiger partial charge in [0.25, 0.3) is 0 Å². The molecule has 4 aliphatic carbocycles. The number of hydrogen-bond donors (Lipinski definition) is 7. The van der Waals surface area contributed by atoms with Crippen LogP contribution in [0.15, 0.2) is 111 Å². The number of aromatic nitrogens is 6. The Hall–Kier alpha value is -10.4. The summed E-state index contributed by atoms with van der Waals surface area (Å²) in [5.41, 5.74) is 35.9. The van der Waals surface area contributed by atoms with Crippen molar-refractivity contribution in [3.05, 3.63) is 111 Å². The zero-order valence-electron chi connectivity index (χ0n) is 67.0. The number of nitrogens with one attached hydrogen (secondary N) is 1. The van der Waals surface area contributed by atoms with Gasteiger partial charge in [0, 0.05) is 119 Å². The minimum absolute atomic E-state index is 0.0732. The molecule has 3 saturated heterocycles. The normalized spacial score (nSPS) is 20.6. The average Bonchev–Trinajstić information content (AvgIpc) is 0.731. The molecule has 0 unspecified atom stereocenters. The number of carbonyl (C=O) groups is 4. The largest absolute Gasteiger partial charge is 0.489 e. The fourth-order valence-corrected chi connectivity index (χ4v) is 13.3. The van der Waals surface area contributed by atoms with Gasteiger partial charge in [-0.15, -0.1) is 0 Å². The lowest BCUT2D eigenvalue weighted by molar-refractivity contribution is -0.122. The van der Waals surface area contributed by atoms with Crippen molar-refractivity contribution in [2.24, 2.45) is 0 Å². The number of piperidine rings is 1. The molecule has 6 aromatic rings. The Morgan fingerprint density at radius 2 is 0.685 bits per heavy atom. The first-order chi connectivity index (χ1) is 52.5. The Morgan fingerprint density at radius 1 is 0.387 bits per heavy atom. The second kappa shape index (κ2) is 39.5. The number of amides is 4. The monoisotopic (exact) mass is 1540 g/mol. The van der Waals surface area contributed by atoms with Crippen LogP contribution >= 0.6 is 0 Å². The Bertz CT molecular complexity index is 3750. The van der Waals surface area contributed by atoms with Crippen LogP contribution in [-0.2, 0) is 18.9 Å². The molecule has 7 aliphatic rings. The summed E-state index contributed by atoms with van der Waals surface area (Å²) in [6, 6.07) is 10.6. The van der Waals surface area contributed by atoms with E-state index in [1.165, 1.54) is 44.7 Å². The molecule has 4 amide bonds. The SMILES string of the molecule is CC(C)(C)OC(=O)N1CCC12CC(Oc1ccncc1N)C2.CC(C)(C)OC(=O)N1CCC12CC(Oc1ccncc1N)C2.CC(C)(C)OC(=O)N1CCC[C@@H](Oc2ccncc2N)C1.CC(C)(C)OC(=O)NCCOc1ccncc1N.Nc1cnccc1OC1CCCCC1.Nc1cnccc1OC1CCCCC1. The van der Waals surface area contributed by atoms with Crippen molar-refractivity contribution in [1.82, 2.24) is 49.9 Å². The molecule has 13 N–H and O–H groups in total. The molecule has 2 spiro atoms. The van der Waals surface area contributed by atoms with Crippen LogP contribution in [0.5, 0.6) is 34.5 Å². The highest BCUT2D eigenvalue weighted by Gasteiger charge is 2.59. The molecule has 7 fully saturated rings. The molecule has 0 radical (unpaired) electrons. The second-order valence-corrected chi connectivity index (χ2v) is 32.8. The number of hydrogen-bond acceptors (Lipinski definition) is 26. The molecule has 4 saturated carbocycles. The minimum Gasteiger partial charge on any atom is -0.489 e. The first kappa shape index (κ1) is 86.2. The molecule has 6 aromatic heterocycles. The summed E-state index contributed by atoms with van der Waals surface area (Å²) in [5, 5.41) is 2.59. The van der Waals surface area contributed by atoms with Gasteiger partial charge in [0.2, 0.25) is 0 Å². The highest BCUT2D eigenvalue weighted by molar-refractivity contribution is 5.72. The van der Waals surface area contributed by atoms with Gasteiger partial charge in [-0.05, 0) is 160 Å². The molecule has 0 aromatic carbocycles. The quantitative estimate of drug-likeness (QED) is 0.0393. The lowest BCUT2D eigenvalue weighted by Gasteiger charge is -2.60. The molecule has 30 nitrogen and oxygen atoms in total. The standard InChI is InChI=1S/2C16H23N3O3.C15H23N3O3.C12H19N3O3.2C11H16N2O/c2*1-15(2,3)22-14(20)19-7-5-16(19)8-11(9-16)21-13-4-6-18-10-12(13)17;1-15(2,3)21-14(19)18-8-4-5-11(10-18)20-13-6-7-17-9-12(13)16;1-12(2,3)18-11(16)15-6-7-17-10-4-5-14-8-9(10)13;2*12-10-8-13-7-6-11(10)14-9-4-2-1-3-5-9/h2*4,6,10-11H,5,7-9,17H2,1-3H3;6-7,9,11H,4-5,8,10,16H2,1-3H3;4-5,8H,6-7,13H2,1-3H3,(H,15,16);2*6-9H,1-5,12H2/t;;11-;;;/m..1.../s1. The van der Waals surface area contributed by atoms with E-state index in [2.05, 4.69) is 35.2 Å². The maximum Gasteiger partial charge on any atom is 0.410 e. The Labute approximate surface area is 653 Å².